The molecule has 2 amide bonds. The van der Waals surface area contributed by atoms with Gasteiger partial charge in [0.2, 0.25) is 0 Å². The fourth-order valence-corrected chi connectivity index (χ4v) is 5.31. The topological polar surface area (TPSA) is 115 Å². The third kappa shape index (κ3) is 7.12. The maximum atomic E-state index is 12.6. The minimum atomic E-state index is -0.404. The number of carbonyl (C=O) groups excluding carboxylic acids is 3. The standard InChI is InChI=1S/C29H31N5O5S/c30-27(31-28(36)23-10-15-40-20-23)22-6-8-24(9-7-22)34-17-25(39-29(34)37)16-32-11-13-33(14-12-32)18-26(35)38-19-21-4-2-1-3-5-21/h1-10,15,20,25H,11-14,16-19H2,(H2,30,31,36). The van der Waals surface area contributed by atoms with Crippen LogP contribution in [0.15, 0.2) is 71.4 Å². The van der Waals surface area contributed by atoms with Gasteiger partial charge in [0, 0.05) is 49.4 Å². The number of amidine groups is 1. The molecule has 2 aromatic carbocycles. The Morgan fingerprint density at radius 1 is 0.975 bits per heavy atom. The number of amides is 2. The number of hydrogen-bond donors (Lipinski definition) is 2. The van der Waals surface area contributed by atoms with E-state index in [1.807, 2.05) is 35.7 Å². The van der Waals surface area contributed by atoms with E-state index in [-0.39, 0.29) is 37.0 Å². The number of rotatable bonds is 9. The summed E-state index contributed by atoms with van der Waals surface area (Å²) in [6, 6.07) is 18.2. The molecule has 2 N–H and O–H groups in total. The number of anilines is 1. The predicted octanol–water partition coefficient (Wildman–Crippen LogP) is 3.19. The molecule has 2 fully saturated rings. The zero-order valence-electron chi connectivity index (χ0n) is 22.0. The lowest BCUT2D eigenvalue weighted by atomic mass is 10.1. The Morgan fingerprint density at radius 2 is 1.70 bits per heavy atom. The van der Waals surface area contributed by atoms with Gasteiger partial charge in [-0.1, -0.05) is 30.3 Å². The van der Waals surface area contributed by atoms with Gasteiger partial charge in [0.05, 0.1) is 18.7 Å². The lowest BCUT2D eigenvalue weighted by molar-refractivity contribution is -0.146. The van der Waals surface area contributed by atoms with Crippen molar-refractivity contribution in [3.05, 3.63) is 88.1 Å². The predicted molar refractivity (Wildman–Crippen MR) is 152 cm³/mol. The van der Waals surface area contributed by atoms with Crippen LogP contribution in [0.3, 0.4) is 0 Å². The summed E-state index contributed by atoms with van der Waals surface area (Å²) in [5, 5.41) is 14.3. The number of hydrogen-bond acceptors (Lipinski definition) is 9. The molecule has 3 heterocycles. The van der Waals surface area contributed by atoms with Crippen molar-refractivity contribution in [3.8, 4) is 0 Å². The lowest BCUT2D eigenvalue weighted by Crippen LogP contribution is -2.50. The van der Waals surface area contributed by atoms with Gasteiger partial charge in [-0.05, 0) is 41.3 Å². The molecule has 2 saturated heterocycles. The lowest BCUT2D eigenvalue weighted by Gasteiger charge is -2.34. The third-order valence-corrected chi connectivity index (χ3v) is 7.57. The summed E-state index contributed by atoms with van der Waals surface area (Å²) >= 11 is 1.42. The van der Waals surface area contributed by atoms with Crippen molar-refractivity contribution in [2.45, 2.75) is 12.7 Å². The number of nitrogens with one attached hydrogen (secondary N) is 2. The molecule has 0 aliphatic carbocycles. The van der Waals surface area contributed by atoms with Crippen LogP contribution in [-0.4, -0.2) is 85.5 Å². The van der Waals surface area contributed by atoms with Crippen molar-refractivity contribution in [3.63, 3.8) is 0 Å². The first-order valence-corrected chi connectivity index (χ1v) is 14.0. The van der Waals surface area contributed by atoms with Gasteiger partial charge in [-0.15, -0.1) is 0 Å². The van der Waals surface area contributed by atoms with Crippen LogP contribution >= 0.6 is 11.3 Å². The van der Waals surface area contributed by atoms with E-state index < -0.39 is 6.09 Å². The van der Waals surface area contributed by atoms with Gasteiger partial charge in [0.15, 0.2) is 0 Å². The van der Waals surface area contributed by atoms with Gasteiger partial charge in [-0.25, -0.2) is 4.79 Å². The average Bonchev–Trinajstić information content (AvgIpc) is 3.64. The number of benzene rings is 2. The second-order valence-corrected chi connectivity index (χ2v) is 10.5. The molecule has 40 heavy (non-hydrogen) atoms. The summed E-state index contributed by atoms with van der Waals surface area (Å²) in [5.74, 6) is -0.568. The van der Waals surface area contributed by atoms with Gasteiger partial charge >= 0.3 is 12.1 Å². The van der Waals surface area contributed by atoms with Crippen molar-refractivity contribution in [1.82, 2.24) is 15.1 Å². The maximum Gasteiger partial charge on any atom is 0.414 e. The van der Waals surface area contributed by atoms with E-state index in [2.05, 4.69) is 15.1 Å². The molecule has 10 nitrogen and oxygen atoms in total. The number of ether oxygens (including phenoxy) is 2. The Morgan fingerprint density at radius 3 is 2.40 bits per heavy atom. The summed E-state index contributed by atoms with van der Waals surface area (Å²) in [6.07, 6.45) is -0.670. The Balaban J connectivity index is 1.04. The minimum Gasteiger partial charge on any atom is -0.460 e. The van der Waals surface area contributed by atoms with Crippen LogP contribution in [0.4, 0.5) is 10.5 Å². The number of carbonyl (C=O) groups is 3. The van der Waals surface area contributed by atoms with Crippen LogP contribution < -0.4 is 10.2 Å². The summed E-state index contributed by atoms with van der Waals surface area (Å²) in [4.78, 5) is 42.9. The third-order valence-electron chi connectivity index (χ3n) is 6.89. The van der Waals surface area contributed by atoms with Gasteiger partial charge in [-0.3, -0.25) is 29.7 Å². The van der Waals surface area contributed by atoms with Gasteiger partial charge in [0.25, 0.3) is 5.91 Å². The van der Waals surface area contributed by atoms with E-state index in [1.165, 1.54) is 11.3 Å². The fraction of sp³-hybridized carbons (Fsp3) is 0.310. The highest BCUT2D eigenvalue weighted by atomic mass is 32.1. The molecular formula is C29H31N5O5S. The number of nitrogens with zero attached hydrogens (tertiary/aromatic N) is 3. The van der Waals surface area contributed by atoms with Gasteiger partial charge < -0.3 is 14.8 Å². The molecule has 3 aromatic rings. The average molecular weight is 562 g/mol. The second-order valence-electron chi connectivity index (χ2n) is 9.73. The molecule has 5 rings (SSSR count). The Hall–Kier alpha value is -4.06. The summed E-state index contributed by atoms with van der Waals surface area (Å²) in [6.45, 7) is 4.60. The Kier molecular flexibility index (Phi) is 8.84. The normalized spacial score (nSPS) is 17.9. The zero-order chi connectivity index (χ0) is 27.9. The number of piperazine rings is 1. The summed E-state index contributed by atoms with van der Waals surface area (Å²) < 4.78 is 11.0. The van der Waals surface area contributed by atoms with Crippen molar-refractivity contribution in [2.75, 3.05) is 50.7 Å². The quantitative estimate of drug-likeness (QED) is 0.234. The number of esters is 1. The van der Waals surface area contributed by atoms with E-state index >= 15 is 0 Å². The van der Waals surface area contributed by atoms with Gasteiger partial charge in [0.1, 0.15) is 18.5 Å². The molecule has 1 aromatic heterocycles. The smallest absolute Gasteiger partial charge is 0.414 e. The number of thiophene rings is 1. The molecule has 0 radical (unpaired) electrons. The highest BCUT2D eigenvalue weighted by Gasteiger charge is 2.34. The first-order chi connectivity index (χ1) is 19.4. The van der Waals surface area contributed by atoms with Crippen LogP contribution in [0.2, 0.25) is 0 Å². The van der Waals surface area contributed by atoms with Crippen molar-refractivity contribution in [2.24, 2.45) is 0 Å². The molecule has 2 aliphatic heterocycles. The van der Waals surface area contributed by atoms with Crippen LogP contribution in [0.5, 0.6) is 0 Å². The highest BCUT2D eigenvalue weighted by Crippen LogP contribution is 2.23. The van der Waals surface area contributed by atoms with Crippen LogP contribution in [-0.2, 0) is 20.9 Å². The van der Waals surface area contributed by atoms with E-state index in [4.69, 9.17) is 14.9 Å². The molecule has 208 valence electrons. The van der Waals surface area contributed by atoms with Crippen LogP contribution in [0.25, 0.3) is 0 Å². The molecule has 1 unspecified atom stereocenters. The van der Waals surface area contributed by atoms with Crippen LogP contribution in [0, 0.1) is 5.41 Å². The van der Waals surface area contributed by atoms with Crippen molar-refractivity contribution < 1.29 is 23.9 Å². The Bertz CT molecular complexity index is 1320. The molecule has 11 heteroatoms. The molecule has 0 spiro atoms. The van der Waals surface area contributed by atoms with Crippen molar-refractivity contribution >= 4 is 40.8 Å². The molecule has 1 atom stereocenters. The highest BCUT2D eigenvalue weighted by molar-refractivity contribution is 7.08. The number of cyclic esters (lactones) is 1. The largest absolute Gasteiger partial charge is 0.460 e. The molecule has 2 aliphatic rings. The van der Waals surface area contributed by atoms with E-state index in [1.54, 1.807) is 40.6 Å². The Labute approximate surface area is 236 Å². The van der Waals surface area contributed by atoms with Crippen molar-refractivity contribution in [1.29, 1.82) is 5.41 Å². The van der Waals surface area contributed by atoms with E-state index in [0.717, 1.165) is 31.7 Å². The zero-order valence-corrected chi connectivity index (χ0v) is 22.8. The summed E-state index contributed by atoms with van der Waals surface area (Å²) in [5.41, 5.74) is 2.69. The first kappa shape index (κ1) is 27.5. The van der Waals surface area contributed by atoms with Gasteiger partial charge in [-0.2, -0.15) is 11.3 Å². The van der Waals surface area contributed by atoms with E-state index in [0.29, 0.717) is 29.9 Å². The fourth-order valence-electron chi connectivity index (χ4n) is 4.67. The second kappa shape index (κ2) is 12.9. The van der Waals surface area contributed by atoms with E-state index in [9.17, 15) is 14.4 Å². The summed E-state index contributed by atoms with van der Waals surface area (Å²) in [7, 11) is 0. The van der Waals surface area contributed by atoms with Crippen LogP contribution in [0.1, 0.15) is 21.5 Å². The SMILES string of the molecule is N=C(NC(=O)c1ccsc1)c1ccc(N2CC(CN3CCN(CC(=O)OCc4ccccc4)CC3)OC2=O)cc1. The molecule has 0 bridgehead atoms. The molecular weight excluding hydrogens is 530 g/mol. The minimum absolute atomic E-state index is 0.00627. The molecule has 0 saturated carbocycles. The first-order valence-electron chi connectivity index (χ1n) is 13.1. The maximum absolute atomic E-state index is 12.6. The monoisotopic (exact) mass is 561 g/mol.